The highest BCUT2D eigenvalue weighted by atomic mass is 16.5. The Morgan fingerprint density at radius 1 is 1.19 bits per heavy atom. The fourth-order valence-electron chi connectivity index (χ4n) is 3.49. The van der Waals surface area contributed by atoms with Crippen molar-refractivity contribution in [3.63, 3.8) is 0 Å². The van der Waals surface area contributed by atoms with Gasteiger partial charge in [0.05, 0.1) is 11.7 Å². The molecule has 1 aromatic rings. The molecule has 1 aromatic heterocycles. The molecule has 2 saturated heterocycles. The Labute approximate surface area is 127 Å². The molecule has 0 amide bonds. The van der Waals surface area contributed by atoms with E-state index in [2.05, 4.69) is 16.0 Å². The van der Waals surface area contributed by atoms with Gasteiger partial charge in [0.2, 0.25) is 5.95 Å². The van der Waals surface area contributed by atoms with Crippen molar-refractivity contribution in [1.29, 1.82) is 0 Å². The third kappa shape index (κ3) is 3.35. The standard InChI is InChI=1S/C16H26N4O/c1-19(2)16-17-9-6-14(18-16)15-5-3-4-10-20(15)13-7-11-21-12-8-13/h6,9,13,15H,3-5,7-8,10-12H2,1-2H3. The van der Waals surface area contributed by atoms with E-state index in [1.54, 1.807) is 0 Å². The van der Waals surface area contributed by atoms with Crippen LogP contribution in [-0.4, -0.2) is 54.8 Å². The Balaban J connectivity index is 1.81. The number of anilines is 1. The zero-order chi connectivity index (χ0) is 14.7. The molecule has 3 heterocycles. The quantitative estimate of drug-likeness (QED) is 0.854. The maximum Gasteiger partial charge on any atom is 0.225 e. The summed E-state index contributed by atoms with van der Waals surface area (Å²) < 4.78 is 5.52. The molecule has 5 nitrogen and oxygen atoms in total. The maximum atomic E-state index is 5.52. The Bertz CT molecular complexity index is 459. The predicted octanol–water partition coefficient (Wildman–Crippen LogP) is 2.25. The van der Waals surface area contributed by atoms with E-state index in [-0.39, 0.29) is 0 Å². The summed E-state index contributed by atoms with van der Waals surface area (Å²) in [4.78, 5) is 13.8. The van der Waals surface area contributed by atoms with E-state index in [1.807, 2.05) is 25.2 Å². The number of hydrogen-bond acceptors (Lipinski definition) is 5. The molecular formula is C16H26N4O. The summed E-state index contributed by atoms with van der Waals surface area (Å²) in [6.07, 6.45) is 8.02. The fourth-order valence-corrected chi connectivity index (χ4v) is 3.49. The molecule has 2 aliphatic rings. The summed E-state index contributed by atoms with van der Waals surface area (Å²) >= 11 is 0. The van der Waals surface area contributed by atoms with Gasteiger partial charge in [-0.05, 0) is 38.3 Å². The first-order chi connectivity index (χ1) is 10.3. The molecular weight excluding hydrogens is 264 g/mol. The molecule has 0 aromatic carbocycles. The van der Waals surface area contributed by atoms with Crippen LogP contribution in [0.25, 0.3) is 0 Å². The van der Waals surface area contributed by atoms with E-state index < -0.39 is 0 Å². The largest absolute Gasteiger partial charge is 0.381 e. The highest BCUT2D eigenvalue weighted by molar-refractivity contribution is 5.28. The summed E-state index contributed by atoms with van der Waals surface area (Å²) in [6.45, 7) is 3.00. The SMILES string of the molecule is CN(C)c1nccc(C2CCCCN2C2CCOCC2)n1. The van der Waals surface area contributed by atoms with Gasteiger partial charge in [0.15, 0.2) is 0 Å². The minimum Gasteiger partial charge on any atom is -0.381 e. The second kappa shape index (κ2) is 6.71. The van der Waals surface area contributed by atoms with Gasteiger partial charge in [-0.3, -0.25) is 4.90 Å². The van der Waals surface area contributed by atoms with Crippen molar-refractivity contribution in [1.82, 2.24) is 14.9 Å². The molecule has 0 N–H and O–H groups in total. The van der Waals surface area contributed by atoms with Crippen LogP contribution in [0.15, 0.2) is 12.3 Å². The molecule has 1 atom stereocenters. The van der Waals surface area contributed by atoms with Gasteiger partial charge in [-0.15, -0.1) is 0 Å². The van der Waals surface area contributed by atoms with Crippen LogP contribution in [0.1, 0.15) is 43.8 Å². The molecule has 2 aliphatic heterocycles. The van der Waals surface area contributed by atoms with E-state index in [0.29, 0.717) is 12.1 Å². The Morgan fingerprint density at radius 3 is 2.76 bits per heavy atom. The number of hydrogen-bond donors (Lipinski definition) is 0. The lowest BCUT2D eigenvalue weighted by molar-refractivity contribution is 0.00316. The van der Waals surface area contributed by atoms with Crippen LogP contribution in [0, 0.1) is 0 Å². The second-order valence-electron chi connectivity index (χ2n) is 6.27. The van der Waals surface area contributed by atoms with Crippen LogP contribution in [-0.2, 0) is 4.74 Å². The topological polar surface area (TPSA) is 41.5 Å². The molecule has 0 aliphatic carbocycles. The minimum absolute atomic E-state index is 0.448. The van der Waals surface area contributed by atoms with Crippen molar-refractivity contribution >= 4 is 5.95 Å². The number of rotatable bonds is 3. The molecule has 5 heteroatoms. The highest BCUT2D eigenvalue weighted by Crippen LogP contribution is 2.34. The van der Waals surface area contributed by atoms with Gasteiger partial charge in [0.25, 0.3) is 0 Å². The summed E-state index contributed by atoms with van der Waals surface area (Å²) in [5.41, 5.74) is 1.18. The Morgan fingerprint density at radius 2 is 2.00 bits per heavy atom. The van der Waals surface area contributed by atoms with Gasteiger partial charge in [-0.1, -0.05) is 6.42 Å². The molecule has 2 fully saturated rings. The van der Waals surface area contributed by atoms with Crippen LogP contribution in [0.3, 0.4) is 0 Å². The Hall–Kier alpha value is -1.20. The van der Waals surface area contributed by atoms with Gasteiger partial charge < -0.3 is 9.64 Å². The fraction of sp³-hybridized carbons (Fsp3) is 0.750. The molecule has 0 saturated carbocycles. The molecule has 0 spiro atoms. The first-order valence-corrected chi connectivity index (χ1v) is 8.09. The van der Waals surface area contributed by atoms with E-state index >= 15 is 0 Å². The lowest BCUT2D eigenvalue weighted by Crippen LogP contribution is -2.44. The van der Waals surface area contributed by atoms with Crippen LogP contribution in [0.2, 0.25) is 0 Å². The molecule has 1 unspecified atom stereocenters. The van der Waals surface area contributed by atoms with Crippen molar-refractivity contribution in [2.24, 2.45) is 0 Å². The third-order valence-corrected chi connectivity index (χ3v) is 4.61. The van der Waals surface area contributed by atoms with Crippen LogP contribution < -0.4 is 4.90 Å². The summed E-state index contributed by atoms with van der Waals surface area (Å²) in [7, 11) is 3.99. The molecule has 21 heavy (non-hydrogen) atoms. The predicted molar refractivity (Wildman–Crippen MR) is 83.5 cm³/mol. The summed E-state index contributed by atoms with van der Waals surface area (Å²) in [6, 6.07) is 3.19. The molecule has 0 radical (unpaired) electrons. The number of nitrogens with zero attached hydrogens (tertiary/aromatic N) is 4. The van der Waals surface area contributed by atoms with Crippen molar-refractivity contribution in [3.8, 4) is 0 Å². The van der Waals surface area contributed by atoms with E-state index in [1.165, 1.54) is 31.5 Å². The number of piperidine rings is 1. The van der Waals surface area contributed by atoms with Crippen molar-refractivity contribution in [2.45, 2.75) is 44.2 Å². The lowest BCUT2D eigenvalue weighted by atomic mass is 9.94. The average molecular weight is 290 g/mol. The van der Waals surface area contributed by atoms with E-state index in [9.17, 15) is 0 Å². The van der Waals surface area contributed by atoms with Gasteiger partial charge in [-0.25, -0.2) is 9.97 Å². The van der Waals surface area contributed by atoms with E-state index in [4.69, 9.17) is 9.72 Å². The van der Waals surface area contributed by atoms with Crippen molar-refractivity contribution in [3.05, 3.63) is 18.0 Å². The van der Waals surface area contributed by atoms with Gasteiger partial charge in [0.1, 0.15) is 0 Å². The van der Waals surface area contributed by atoms with Crippen LogP contribution in [0.4, 0.5) is 5.95 Å². The van der Waals surface area contributed by atoms with Gasteiger partial charge in [0, 0.05) is 39.5 Å². The number of likely N-dealkylation sites (tertiary alicyclic amines) is 1. The second-order valence-corrected chi connectivity index (χ2v) is 6.27. The van der Waals surface area contributed by atoms with Crippen LogP contribution >= 0.6 is 0 Å². The van der Waals surface area contributed by atoms with Crippen molar-refractivity contribution in [2.75, 3.05) is 38.8 Å². The monoisotopic (exact) mass is 290 g/mol. The van der Waals surface area contributed by atoms with Crippen LogP contribution in [0.5, 0.6) is 0 Å². The Kier molecular flexibility index (Phi) is 4.70. The maximum absolute atomic E-state index is 5.52. The first kappa shape index (κ1) is 14.7. The van der Waals surface area contributed by atoms with Gasteiger partial charge in [-0.2, -0.15) is 0 Å². The first-order valence-electron chi connectivity index (χ1n) is 8.09. The smallest absolute Gasteiger partial charge is 0.225 e. The third-order valence-electron chi connectivity index (χ3n) is 4.61. The molecule has 116 valence electrons. The highest BCUT2D eigenvalue weighted by Gasteiger charge is 2.31. The summed E-state index contributed by atoms with van der Waals surface area (Å²) in [5.74, 6) is 0.810. The van der Waals surface area contributed by atoms with Crippen molar-refractivity contribution < 1.29 is 4.74 Å². The lowest BCUT2D eigenvalue weighted by Gasteiger charge is -2.42. The number of aromatic nitrogens is 2. The zero-order valence-corrected chi connectivity index (χ0v) is 13.2. The number of ether oxygens (including phenoxy) is 1. The minimum atomic E-state index is 0.448. The zero-order valence-electron chi connectivity index (χ0n) is 13.2. The molecule has 3 rings (SSSR count). The van der Waals surface area contributed by atoms with Gasteiger partial charge >= 0.3 is 0 Å². The normalized spacial score (nSPS) is 25.0. The summed E-state index contributed by atoms with van der Waals surface area (Å²) in [5, 5.41) is 0. The molecule has 0 bridgehead atoms. The van der Waals surface area contributed by atoms with E-state index in [0.717, 1.165) is 32.0 Å². The average Bonchev–Trinajstić information content (AvgIpc) is 2.56.